The number of nitrogens with one attached hydrogen (secondary N) is 2. The van der Waals surface area contributed by atoms with E-state index in [-0.39, 0.29) is 18.3 Å². The van der Waals surface area contributed by atoms with Crippen LogP contribution in [0.5, 0.6) is 5.75 Å². The van der Waals surface area contributed by atoms with Crippen LogP contribution in [0.15, 0.2) is 24.3 Å². The molecule has 0 saturated carbocycles. The molecule has 7 nitrogen and oxygen atoms in total. The number of nitrogens with zero attached hydrogens (tertiary/aromatic N) is 3. The van der Waals surface area contributed by atoms with Crippen LogP contribution in [0.25, 0.3) is 0 Å². The van der Waals surface area contributed by atoms with Gasteiger partial charge in [-0.2, -0.15) is 0 Å². The van der Waals surface area contributed by atoms with Gasteiger partial charge in [0, 0.05) is 11.8 Å². The van der Waals surface area contributed by atoms with Gasteiger partial charge in [0.25, 0.3) is 5.91 Å². The van der Waals surface area contributed by atoms with E-state index in [1.165, 1.54) is 0 Å². The lowest BCUT2D eigenvalue weighted by Crippen LogP contribution is -2.30. The number of methoxy groups -OCH3 is 1. The zero-order chi connectivity index (χ0) is 16.2. The van der Waals surface area contributed by atoms with E-state index in [0.29, 0.717) is 23.2 Å². The smallest absolute Gasteiger partial charge is 0.278 e. The summed E-state index contributed by atoms with van der Waals surface area (Å²) in [5.41, 5.74) is 1.84. The average Bonchev–Trinajstić information content (AvgIpc) is 2.97. The van der Waals surface area contributed by atoms with Gasteiger partial charge in [-0.3, -0.25) is 4.79 Å². The molecular formula is C16H22ClN5O2. The van der Waals surface area contributed by atoms with Gasteiger partial charge in [-0.05, 0) is 45.0 Å². The summed E-state index contributed by atoms with van der Waals surface area (Å²) in [6, 6.07) is 7.54. The lowest BCUT2D eigenvalue weighted by atomic mass is 10.1. The van der Waals surface area contributed by atoms with Crippen LogP contribution in [0.3, 0.4) is 0 Å². The highest BCUT2D eigenvalue weighted by molar-refractivity contribution is 6.03. The molecule has 24 heavy (non-hydrogen) atoms. The molecule has 0 spiro atoms. The van der Waals surface area contributed by atoms with Crippen molar-refractivity contribution in [1.29, 1.82) is 0 Å². The highest BCUT2D eigenvalue weighted by atomic mass is 35.5. The summed E-state index contributed by atoms with van der Waals surface area (Å²) in [5.74, 6) is 0.439. The van der Waals surface area contributed by atoms with E-state index in [0.717, 1.165) is 31.6 Å². The number of piperidine rings is 1. The van der Waals surface area contributed by atoms with Crippen LogP contribution >= 0.6 is 12.4 Å². The number of carbonyl (C=O) groups excluding carboxylic acids is 1. The van der Waals surface area contributed by atoms with Gasteiger partial charge >= 0.3 is 0 Å². The first kappa shape index (κ1) is 18.2. The highest BCUT2D eigenvalue weighted by Crippen LogP contribution is 2.21. The summed E-state index contributed by atoms with van der Waals surface area (Å²) < 4.78 is 7.04. The monoisotopic (exact) mass is 351 g/mol. The van der Waals surface area contributed by atoms with E-state index in [1.54, 1.807) is 13.2 Å². The molecule has 130 valence electrons. The normalized spacial score (nSPS) is 14.8. The molecule has 0 bridgehead atoms. The van der Waals surface area contributed by atoms with Crippen LogP contribution in [0, 0.1) is 6.92 Å². The maximum absolute atomic E-state index is 12.5. The lowest BCUT2D eigenvalue weighted by molar-refractivity contribution is 0.102. The first-order valence-corrected chi connectivity index (χ1v) is 7.77. The van der Waals surface area contributed by atoms with Crippen LogP contribution in [0.4, 0.5) is 5.69 Å². The fraction of sp³-hybridized carbons (Fsp3) is 0.438. The molecule has 3 rings (SSSR count). The van der Waals surface area contributed by atoms with Gasteiger partial charge < -0.3 is 15.4 Å². The highest BCUT2D eigenvalue weighted by Gasteiger charge is 2.22. The Morgan fingerprint density at radius 3 is 2.83 bits per heavy atom. The Hall–Kier alpha value is -2.12. The molecule has 1 aromatic heterocycles. The van der Waals surface area contributed by atoms with Gasteiger partial charge in [0.15, 0.2) is 5.69 Å². The van der Waals surface area contributed by atoms with Gasteiger partial charge in [0.1, 0.15) is 5.75 Å². The molecule has 0 atom stereocenters. The van der Waals surface area contributed by atoms with Crippen molar-refractivity contribution in [3.63, 3.8) is 0 Å². The van der Waals surface area contributed by atoms with E-state index in [9.17, 15) is 4.79 Å². The van der Waals surface area contributed by atoms with Gasteiger partial charge in [-0.15, -0.1) is 17.5 Å². The molecular weight excluding hydrogens is 330 g/mol. The average molecular weight is 352 g/mol. The van der Waals surface area contributed by atoms with Gasteiger partial charge in [0.2, 0.25) is 0 Å². The summed E-state index contributed by atoms with van der Waals surface area (Å²) in [4.78, 5) is 12.5. The minimum atomic E-state index is -0.254. The Morgan fingerprint density at radius 1 is 1.38 bits per heavy atom. The zero-order valence-corrected chi connectivity index (χ0v) is 14.6. The van der Waals surface area contributed by atoms with E-state index in [1.807, 2.05) is 29.8 Å². The number of aromatic nitrogens is 3. The molecule has 2 N–H and O–H groups in total. The molecule has 1 aromatic carbocycles. The van der Waals surface area contributed by atoms with Gasteiger partial charge in [-0.1, -0.05) is 11.3 Å². The SMILES string of the molecule is COc1cccc(NC(=O)c2nnn(C3CCNCC3)c2C)c1.Cl. The summed E-state index contributed by atoms with van der Waals surface area (Å²) in [7, 11) is 1.59. The summed E-state index contributed by atoms with van der Waals surface area (Å²) in [6.07, 6.45) is 2.00. The fourth-order valence-electron chi connectivity index (χ4n) is 2.84. The summed E-state index contributed by atoms with van der Waals surface area (Å²) in [6.45, 7) is 3.83. The summed E-state index contributed by atoms with van der Waals surface area (Å²) in [5, 5.41) is 14.4. The van der Waals surface area contributed by atoms with Crippen LogP contribution in [-0.4, -0.2) is 41.1 Å². The predicted octanol–water partition coefficient (Wildman–Crippen LogP) is 2.19. The summed E-state index contributed by atoms with van der Waals surface area (Å²) >= 11 is 0. The first-order valence-electron chi connectivity index (χ1n) is 7.77. The Kier molecular flexibility index (Phi) is 6.16. The third-order valence-electron chi connectivity index (χ3n) is 4.12. The number of anilines is 1. The van der Waals surface area contributed by atoms with Crippen molar-refractivity contribution in [2.45, 2.75) is 25.8 Å². The van der Waals surface area contributed by atoms with Crippen molar-refractivity contribution in [1.82, 2.24) is 20.3 Å². The van der Waals surface area contributed by atoms with Gasteiger partial charge in [0.05, 0.1) is 18.8 Å². The number of ether oxygens (including phenoxy) is 1. The van der Waals surface area contributed by atoms with Crippen LogP contribution < -0.4 is 15.4 Å². The maximum atomic E-state index is 12.5. The lowest BCUT2D eigenvalue weighted by Gasteiger charge is -2.23. The molecule has 0 aliphatic carbocycles. The van der Waals surface area contributed by atoms with E-state index in [2.05, 4.69) is 20.9 Å². The fourth-order valence-corrected chi connectivity index (χ4v) is 2.84. The molecule has 1 fully saturated rings. The Labute approximate surface area is 147 Å². The number of rotatable bonds is 4. The second-order valence-corrected chi connectivity index (χ2v) is 5.64. The maximum Gasteiger partial charge on any atom is 0.278 e. The molecule has 1 aliphatic rings. The molecule has 0 unspecified atom stereocenters. The number of benzene rings is 1. The number of halogens is 1. The van der Waals surface area contributed by atoms with E-state index < -0.39 is 0 Å². The zero-order valence-electron chi connectivity index (χ0n) is 13.8. The Balaban J connectivity index is 0.00000208. The van der Waals surface area contributed by atoms with Crippen LogP contribution in [0.1, 0.15) is 35.1 Å². The quantitative estimate of drug-likeness (QED) is 0.882. The van der Waals surface area contributed by atoms with Crippen molar-refractivity contribution in [2.75, 3.05) is 25.5 Å². The molecule has 0 radical (unpaired) electrons. The molecule has 8 heteroatoms. The third-order valence-corrected chi connectivity index (χ3v) is 4.12. The standard InChI is InChI=1S/C16H21N5O2.ClH/c1-11-15(19-20-21(11)13-6-8-17-9-7-13)16(22)18-12-4-3-5-14(10-12)23-2;/h3-5,10,13,17H,6-9H2,1-2H3,(H,18,22);1H. The first-order chi connectivity index (χ1) is 11.2. The molecule has 1 aliphatic heterocycles. The molecule has 1 saturated heterocycles. The number of carbonyl (C=O) groups is 1. The largest absolute Gasteiger partial charge is 0.497 e. The Morgan fingerprint density at radius 2 is 2.12 bits per heavy atom. The van der Waals surface area contributed by atoms with Crippen molar-refractivity contribution in [3.8, 4) is 5.75 Å². The topological polar surface area (TPSA) is 81.1 Å². The van der Waals surface area contributed by atoms with Crippen molar-refractivity contribution >= 4 is 24.0 Å². The van der Waals surface area contributed by atoms with E-state index >= 15 is 0 Å². The number of amides is 1. The third kappa shape index (κ3) is 3.85. The second kappa shape index (κ2) is 8.12. The number of hydrogen-bond donors (Lipinski definition) is 2. The van der Waals surface area contributed by atoms with Crippen LogP contribution in [0.2, 0.25) is 0 Å². The number of hydrogen-bond acceptors (Lipinski definition) is 5. The van der Waals surface area contributed by atoms with Crippen molar-refractivity contribution < 1.29 is 9.53 Å². The van der Waals surface area contributed by atoms with Crippen molar-refractivity contribution in [3.05, 3.63) is 35.7 Å². The second-order valence-electron chi connectivity index (χ2n) is 5.64. The van der Waals surface area contributed by atoms with Crippen molar-refractivity contribution in [2.24, 2.45) is 0 Å². The minimum absolute atomic E-state index is 0. The Bertz CT molecular complexity index is 698. The molecule has 1 amide bonds. The van der Waals surface area contributed by atoms with Crippen LogP contribution in [-0.2, 0) is 0 Å². The molecule has 2 heterocycles. The predicted molar refractivity (Wildman–Crippen MR) is 94.1 cm³/mol. The van der Waals surface area contributed by atoms with Gasteiger partial charge in [-0.25, -0.2) is 4.68 Å². The molecule has 2 aromatic rings. The minimum Gasteiger partial charge on any atom is -0.497 e. The van der Waals surface area contributed by atoms with E-state index in [4.69, 9.17) is 4.74 Å².